The summed E-state index contributed by atoms with van der Waals surface area (Å²) < 4.78 is 1.60. The van der Waals surface area contributed by atoms with Gasteiger partial charge >= 0.3 is 5.69 Å². The second kappa shape index (κ2) is 8.38. The third-order valence-corrected chi connectivity index (χ3v) is 5.13. The molecular weight excluding hydrogens is 336 g/mol. The summed E-state index contributed by atoms with van der Waals surface area (Å²) in [4.78, 5) is 24.4. The second-order valence-corrected chi connectivity index (χ2v) is 7.65. The predicted octanol–water partition coefficient (Wildman–Crippen LogP) is 3.42. The third kappa shape index (κ3) is 4.75. The highest BCUT2D eigenvalue weighted by Crippen LogP contribution is 2.25. The van der Waals surface area contributed by atoms with Gasteiger partial charge in [-0.05, 0) is 45.2 Å². The van der Waals surface area contributed by atoms with Gasteiger partial charge in [0.15, 0.2) is 5.16 Å². The van der Waals surface area contributed by atoms with E-state index in [1.165, 1.54) is 17.3 Å². The molecule has 7 heteroatoms. The molecular formula is C18H26N4O2S. The van der Waals surface area contributed by atoms with Crippen molar-refractivity contribution in [2.45, 2.75) is 64.4 Å². The Bertz CT molecular complexity index is 787. The lowest BCUT2D eigenvalue weighted by molar-refractivity contribution is -0.115. The number of nitrogens with zero attached hydrogens (tertiary/aromatic N) is 2. The molecule has 0 fully saturated rings. The van der Waals surface area contributed by atoms with Crippen LogP contribution in [0.4, 0.5) is 5.69 Å². The zero-order valence-electron chi connectivity index (χ0n) is 15.5. The summed E-state index contributed by atoms with van der Waals surface area (Å²) in [6.07, 6.45) is 1.89. The number of aromatic amines is 1. The topological polar surface area (TPSA) is 79.8 Å². The maximum absolute atomic E-state index is 12.6. The van der Waals surface area contributed by atoms with Crippen molar-refractivity contribution in [3.05, 3.63) is 39.3 Å². The molecule has 136 valence electrons. The number of unbranched alkanes of at least 4 members (excludes halogenated alkanes) is 1. The predicted molar refractivity (Wildman–Crippen MR) is 102 cm³/mol. The van der Waals surface area contributed by atoms with Gasteiger partial charge in [0.1, 0.15) is 0 Å². The fourth-order valence-electron chi connectivity index (χ4n) is 2.72. The number of anilines is 1. The molecule has 0 bridgehead atoms. The number of nitrogens with one attached hydrogen (secondary N) is 2. The third-order valence-electron chi connectivity index (χ3n) is 4.04. The van der Waals surface area contributed by atoms with Crippen LogP contribution in [0, 0.1) is 20.8 Å². The summed E-state index contributed by atoms with van der Waals surface area (Å²) in [6, 6.07) is 4.10. The Balaban J connectivity index is 2.10. The number of aryl methyl sites for hydroxylation is 3. The van der Waals surface area contributed by atoms with Crippen LogP contribution >= 0.6 is 11.8 Å². The van der Waals surface area contributed by atoms with E-state index < -0.39 is 0 Å². The summed E-state index contributed by atoms with van der Waals surface area (Å²) in [5, 5.41) is 9.72. The average molecular weight is 362 g/mol. The van der Waals surface area contributed by atoms with Gasteiger partial charge in [0, 0.05) is 12.2 Å². The lowest BCUT2D eigenvalue weighted by atomic mass is 10.1. The van der Waals surface area contributed by atoms with Gasteiger partial charge in [-0.3, -0.25) is 9.36 Å². The van der Waals surface area contributed by atoms with Crippen molar-refractivity contribution < 1.29 is 4.79 Å². The minimum atomic E-state index is -0.365. The van der Waals surface area contributed by atoms with Gasteiger partial charge in [-0.25, -0.2) is 9.89 Å². The van der Waals surface area contributed by atoms with Gasteiger partial charge in [0.25, 0.3) is 0 Å². The largest absolute Gasteiger partial charge is 0.343 e. The molecule has 2 aromatic rings. The fraction of sp³-hybridized carbons (Fsp3) is 0.500. The Morgan fingerprint density at radius 2 is 1.96 bits per heavy atom. The Kier molecular flexibility index (Phi) is 6.47. The molecule has 0 saturated carbocycles. The molecule has 1 aromatic carbocycles. The van der Waals surface area contributed by atoms with Crippen molar-refractivity contribution in [3.8, 4) is 0 Å². The van der Waals surface area contributed by atoms with Crippen molar-refractivity contribution >= 4 is 23.4 Å². The van der Waals surface area contributed by atoms with Crippen LogP contribution in [0.25, 0.3) is 0 Å². The molecule has 1 atom stereocenters. The number of hydrogen-bond acceptors (Lipinski definition) is 4. The van der Waals surface area contributed by atoms with Crippen LogP contribution in [-0.4, -0.2) is 25.9 Å². The van der Waals surface area contributed by atoms with E-state index in [2.05, 4.69) is 34.6 Å². The first-order chi connectivity index (χ1) is 11.8. The zero-order chi connectivity index (χ0) is 18.6. The van der Waals surface area contributed by atoms with Crippen LogP contribution in [-0.2, 0) is 11.3 Å². The Morgan fingerprint density at radius 1 is 1.32 bits per heavy atom. The van der Waals surface area contributed by atoms with Gasteiger partial charge < -0.3 is 5.32 Å². The van der Waals surface area contributed by atoms with Crippen LogP contribution in [0.15, 0.2) is 22.1 Å². The van der Waals surface area contributed by atoms with E-state index in [-0.39, 0.29) is 16.8 Å². The first-order valence-electron chi connectivity index (χ1n) is 8.54. The number of carbonyl (C=O) groups is 1. The highest BCUT2D eigenvalue weighted by Gasteiger charge is 2.20. The minimum Gasteiger partial charge on any atom is -0.325 e. The van der Waals surface area contributed by atoms with E-state index in [9.17, 15) is 9.59 Å². The van der Waals surface area contributed by atoms with E-state index in [0.717, 1.165) is 29.7 Å². The van der Waals surface area contributed by atoms with Crippen LogP contribution in [0.3, 0.4) is 0 Å². The first kappa shape index (κ1) is 19.3. The van der Waals surface area contributed by atoms with Crippen molar-refractivity contribution in [1.82, 2.24) is 14.8 Å². The SMILES string of the molecule is CCCCn1c(SC(C)C(=O)Nc2c(C)cc(C)cc2C)n[nH]c1=O. The quantitative estimate of drug-likeness (QED) is 0.740. The van der Waals surface area contributed by atoms with E-state index in [1.54, 1.807) is 4.57 Å². The normalized spacial score (nSPS) is 12.2. The summed E-state index contributed by atoms with van der Waals surface area (Å²) in [5.74, 6) is -0.0995. The number of H-pyrrole nitrogens is 1. The summed E-state index contributed by atoms with van der Waals surface area (Å²) in [6.45, 7) is 10.5. The van der Waals surface area contributed by atoms with Crippen molar-refractivity contribution in [1.29, 1.82) is 0 Å². The average Bonchev–Trinajstić information content (AvgIpc) is 2.88. The van der Waals surface area contributed by atoms with E-state index in [4.69, 9.17) is 0 Å². The number of amides is 1. The number of carbonyl (C=O) groups excluding carboxylic acids is 1. The van der Waals surface area contributed by atoms with E-state index in [1.807, 2.05) is 27.7 Å². The molecule has 6 nitrogen and oxygen atoms in total. The number of hydrogen-bond donors (Lipinski definition) is 2. The van der Waals surface area contributed by atoms with Crippen LogP contribution in [0.1, 0.15) is 43.4 Å². The molecule has 0 saturated heterocycles. The molecule has 2 N–H and O–H groups in total. The highest BCUT2D eigenvalue weighted by atomic mass is 32.2. The van der Waals surface area contributed by atoms with Crippen LogP contribution in [0.5, 0.6) is 0 Å². The number of rotatable bonds is 7. The number of benzene rings is 1. The molecule has 25 heavy (non-hydrogen) atoms. The maximum atomic E-state index is 12.6. The lowest BCUT2D eigenvalue weighted by Crippen LogP contribution is -2.24. The Hall–Kier alpha value is -2.02. The molecule has 0 aliphatic carbocycles. The molecule has 1 unspecified atom stereocenters. The minimum absolute atomic E-state index is 0.0995. The van der Waals surface area contributed by atoms with Gasteiger partial charge in [-0.15, -0.1) is 5.10 Å². The van der Waals surface area contributed by atoms with Gasteiger partial charge in [-0.1, -0.05) is 42.8 Å². The highest BCUT2D eigenvalue weighted by molar-refractivity contribution is 8.00. The smallest absolute Gasteiger partial charge is 0.325 e. The molecule has 2 rings (SSSR count). The summed E-state index contributed by atoms with van der Waals surface area (Å²) in [7, 11) is 0. The van der Waals surface area contributed by atoms with Gasteiger partial charge in [0.2, 0.25) is 5.91 Å². The second-order valence-electron chi connectivity index (χ2n) is 6.34. The Labute approximate surface area is 152 Å². The fourth-order valence-corrected chi connectivity index (χ4v) is 3.60. The van der Waals surface area contributed by atoms with Gasteiger partial charge in [0.05, 0.1) is 5.25 Å². The van der Waals surface area contributed by atoms with E-state index in [0.29, 0.717) is 11.7 Å². The first-order valence-corrected chi connectivity index (χ1v) is 9.42. The van der Waals surface area contributed by atoms with Crippen LogP contribution in [0.2, 0.25) is 0 Å². The van der Waals surface area contributed by atoms with Crippen molar-refractivity contribution in [3.63, 3.8) is 0 Å². The zero-order valence-corrected chi connectivity index (χ0v) is 16.3. The molecule has 0 radical (unpaired) electrons. The molecule has 1 amide bonds. The van der Waals surface area contributed by atoms with Crippen molar-refractivity contribution in [2.24, 2.45) is 0 Å². The molecule has 1 heterocycles. The molecule has 0 aliphatic heterocycles. The Morgan fingerprint density at radius 3 is 2.56 bits per heavy atom. The monoisotopic (exact) mass is 362 g/mol. The van der Waals surface area contributed by atoms with Gasteiger partial charge in [-0.2, -0.15) is 0 Å². The molecule has 1 aromatic heterocycles. The summed E-state index contributed by atoms with van der Waals surface area (Å²) in [5.41, 5.74) is 3.89. The van der Waals surface area contributed by atoms with Crippen LogP contribution < -0.4 is 11.0 Å². The van der Waals surface area contributed by atoms with E-state index >= 15 is 0 Å². The lowest BCUT2D eigenvalue weighted by Gasteiger charge is -2.16. The summed E-state index contributed by atoms with van der Waals surface area (Å²) >= 11 is 1.29. The van der Waals surface area contributed by atoms with Crippen molar-refractivity contribution in [2.75, 3.05) is 5.32 Å². The number of thioether (sulfide) groups is 1. The maximum Gasteiger partial charge on any atom is 0.343 e. The molecule has 0 aliphatic rings. The standard InChI is InChI=1S/C18H26N4O2S/c1-6-7-8-22-17(24)20-21-18(22)25-14(5)16(23)19-15-12(3)9-11(2)10-13(15)4/h9-10,14H,6-8H2,1-5H3,(H,19,23)(H,20,24). The molecule has 0 spiro atoms. The number of aromatic nitrogens is 3.